The van der Waals surface area contributed by atoms with Crippen molar-refractivity contribution < 1.29 is 17.9 Å². The van der Waals surface area contributed by atoms with Gasteiger partial charge in [-0.15, -0.1) is 0 Å². The molecule has 0 unspecified atom stereocenters. The van der Waals surface area contributed by atoms with E-state index in [0.717, 1.165) is 28.3 Å². The number of ether oxygens (including phenoxy) is 1. The highest BCUT2D eigenvalue weighted by Gasteiger charge is 2.36. The number of pyridine rings is 1. The van der Waals surface area contributed by atoms with Crippen LogP contribution in [0.3, 0.4) is 0 Å². The fraction of sp³-hybridized carbons (Fsp3) is 0.226. The van der Waals surface area contributed by atoms with E-state index in [-0.39, 0.29) is 18.2 Å². The maximum absolute atomic E-state index is 13.9. The number of hydrogen-bond acceptors (Lipinski definition) is 2. The van der Waals surface area contributed by atoms with Crippen molar-refractivity contribution in [3.05, 3.63) is 122 Å². The summed E-state index contributed by atoms with van der Waals surface area (Å²) in [6, 6.07) is 20.8. The molecule has 4 aromatic rings. The zero-order chi connectivity index (χ0) is 27.6. The van der Waals surface area contributed by atoms with E-state index in [1.807, 2.05) is 56.3 Å². The van der Waals surface area contributed by atoms with Gasteiger partial charge >= 0.3 is 6.18 Å². The van der Waals surface area contributed by atoms with Crippen molar-refractivity contribution in [1.29, 1.82) is 0 Å². The first kappa shape index (κ1) is 26.7. The van der Waals surface area contributed by atoms with Crippen LogP contribution in [0.15, 0.2) is 77.6 Å². The van der Waals surface area contributed by atoms with Crippen LogP contribution < -0.4 is 10.3 Å². The molecule has 4 rings (SSSR count). The van der Waals surface area contributed by atoms with E-state index in [1.54, 1.807) is 24.3 Å². The van der Waals surface area contributed by atoms with Crippen molar-refractivity contribution in [1.82, 2.24) is 4.57 Å². The summed E-state index contributed by atoms with van der Waals surface area (Å²) < 4.78 is 48.9. The summed E-state index contributed by atoms with van der Waals surface area (Å²) in [6.07, 6.45) is -4.85. The van der Waals surface area contributed by atoms with E-state index >= 15 is 0 Å². The second-order valence-electron chi connectivity index (χ2n) is 9.54. The number of para-hydroxylation sites is 1. The lowest BCUT2D eigenvalue weighted by Crippen LogP contribution is -2.25. The van der Waals surface area contributed by atoms with Crippen LogP contribution in [0.4, 0.5) is 18.9 Å². The minimum atomic E-state index is -4.85. The lowest BCUT2D eigenvalue weighted by molar-refractivity contribution is -0.136. The van der Waals surface area contributed by atoms with Gasteiger partial charge in [-0.05, 0) is 78.4 Å². The summed E-state index contributed by atoms with van der Waals surface area (Å²) in [7, 11) is 0. The van der Waals surface area contributed by atoms with Gasteiger partial charge in [0.25, 0.3) is 11.2 Å². The summed E-state index contributed by atoms with van der Waals surface area (Å²) in [5.74, 6) is 1.45. The monoisotopic (exact) mass is 516 g/mol. The molecule has 0 amide bonds. The van der Waals surface area contributed by atoms with E-state index in [2.05, 4.69) is 18.7 Å². The molecule has 0 N–H and O–H groups in total. The first-order valence-corrected chi connectivity index (χ1v) is 12.2. The molecule has 0 aliphatic heterocycles. The molecule has 0 spiro atoms. The molecule has 1 aromatic heterocycles. The SMILES string of the molecule is [C-]#[N+]c1c(C(F)(F)F)cc(-c2ccc(Oc3ccccc3C(C)C)cc2)n(Cc2ccc(C)cc2C)c1=O. The summed E-state index contributed by atoms with van der Waals surface area (Å²) in [6.45, 7) is 15.3. The van der Waals surface area contributed by atoms with E-state index in [0.29, 0.717) is 17.1 Å². The van der Waals surface area contributed by atoms with Crippen molar-refractivity contribution in [2.75, 3.05) is 0 Å². The minimum absolute atomic E-state index is 0.0287. The van der Waals surface area contributed by atoms with Crippen molar-refractivity contribution in [2.24, 2.45) is 0 Å². The fourth-order valence-electron chi connectivity index (χ4n) is 4.42. The number of alkyl halides is 3. The normalized spacial score (nSPS) is 11.4. The number of rotatable bonds is 6. The third kappa shape index (κ3) is 5.50. The molecule has 0 saturated carbocycles. The van der Waals surface area contributed by atoms with Crippen LogP contribution in [-0.4, -0.2) is 4.57 Å². The van der Waals surface area contributed by atoms with E-state index < -0.39 is 23.0 Å². The Labute approximate surface area is 219 Å². The van der Waals surface area contributed by atoms with Gasteiger partial charge in [0.2, 0.25) is 0 Å². The van der Waals surface area contributed by atoms with Crippen molar-refractivity contribution in [2.45, 2.75) is 46.3 Å². The number of hydrogen-bond donors (Lipinski definition) is 0. The molecule has 0 atom stereocenters. The maximum Gasteiger partial charge on any atom is 0.407 e. The maximum atomic E-state index is 13.9. The van der Waals surface area contributed by atoms with Crippen LogP contribution in [0, 0.1) is 20.4 Å². The molecule has 0 saturated heterocycles. The molecule has 3 aromatic carbocycles. The van der Waals surface area contributed by atoms with Gasteiger partial charge in [0.15, 0.2) is 0 Å². The average molecular weight is 517 g/mol. The molecule has 7 heteroatoms. The van der Waals surface area contributed by atoms with Gasteiger partial charge in [0.05, 0.1) is 18.7 Å². The van der Waals surface area contributed by atoms with Gasteiger partial charge in [0, 0.05) is 5.69 Å². The molecule has 0 radical (unpaired) electrons. The Balaban J connectivity index is 1.82. The van der Waals surface area contributed by atoms with E-state index in [1.165, 1.54) is 4.57 Å². The number of aromatic nitrogens is 1. The Hall–Kier alpha value is -4.31. The Morgan fingerprint density at radius 3 is 2.26 bits per heavy atom. The molecule has 0 fully saturated rings. The lowest BCUT2D eigenvalue weighted by atomic mass is 10.0. The molecule has 194 valence electrons. The van der Waals surface area contributed by atoms with Crippen LogP contribution in [0.25, 0.3) is 16.1 Å². The number of halogens is 3. The second-order valence-corrected chi connectivity index (χ2v) is 9.54. The van der Waals surface area contributed by atoms with Crippen LogP contribution in [-0.2, 0) is 12.7 Å². The van der Waals surface area contributed by atoms with Crippen LogP contribution in [0.1, 0.15) is 47.6 Å². The summed E-state index contributed by atoms with van der Waals surface area (Å²) in [5, 5.41) is 0. The second kappa shape index (κ2) is 10.6. The smallest absolute Gasteiger partial charge is 0.407 e. The Morgan fingerprint density at radius 2 is 1.66 bits per heavy atom. The molecular formula is C31H27F3N2O2. The molecule has 0 aliphatic rings. The van der Waals surface area contributed by atoms with Crippen molar-refractivity contribution in [3.63, 3.8) is 0 Å². The summed E-state index contributed by atoms with van der Waals surface area (Å²) >= 11 is 0. The Kier molecular flexibility index (Phi) is 7.45. The van der Waals surface area contributed by atoms with E-state index in [4.69, 9.17) is 11.3 Å². The van der Waals surface area contributed by atoms with Gasteiger partial charge in [-0.25, -0.2) is 4.85 Å². The zero-order valence-electron chi connectivity index (χ0n) is 21.6. The largest absolute Gasteiger partial charge is 0.457 e. The van der Waals surface area contributed by atoms with Crippen LogP contribution in [0.5, 0.6) is 11.5 Å². The van der Waals surface area contributed by atoms with Gasteiger partial charge in [-0.2, -0.15) is 13.2 Å². The minimum Gasteiger partial charge on any atom is -0.457 e. The molecule has 4 nitrogen and oxygen atoms in total. The summed E-state index contributed by atoms with van der Waals surface area (Å²) in [5.41, 5.74) is 1.07. The fourth-order valence-corrected chi connectivity index (χ4v) is 4.42. The lowest BCUT2D eigenvalue weighted by Gasteiger charge is -2.19. The molecule has 0 aliphatic carbocycles. The van der Waals surface area contributed by atoms with Crippen molar-refractivity contribution in [3.8, 4) is 22.8 Å². The predicted octanol–water partition coefficient (Wildman–Crippen LogP) is 8.67. The number of nitrogens with zero attached hydrogens (tertiary/aromatic N) is 2. The Bertz CT molecular complexity index is 1580. The molecule has 0 bridgehead atoms. The standard InChI is InChI=1S/C31H27F3N2O2/c1-19(2)25-8-6-7-9-28(25)38-24-14-12-22(13-15-24)27-17-26(31(32,33)34)29(35-5)30(37)36(27)18-23-11-10-20(3)16-21(23)4/h6-17,19H,18H2,1-4H3. The van der Waals surface area contributed by atoms with Gasteiger partial charge < -0.3 is 9.30 Å². The molecular weight excluding hydrogens is 489 g/mol. The third-order valence-electron chi connectivity index (χ3n) is 6.44. The van der Waals surface area contributed by atoms with Gasteiger partial charge in [-0.1, -0.05) is 55.8 Å². The summed E-state index contributed by atoms with van der Waals surface area (Å²) in [4.78, 5) is 16.2. The zero-order valence-corrected chi connectivity index (χ0v) is 21.6. The van der Waals surface area contributed by atoms with Crippen LogP contribution >= 0.6 is 0 Å². The topological polar surface area (TPSA) is 35.6 Å². The highest BCUT2D eigenvalue weighted by atomic mass is 19.4. The highest BCUT2D eigenvalue weighted by Crippen LogP contribution is 2.38. The van der Waals surface area contributed by atoms with E-state index in [9.17, 15) is 18.0 Å². The first-order valence-electron chi connectivity index (χ1n) is 12.2. The highest BCUT2D eigenvalue weighted by molar-refractivity contribution is 5.67. The number of benzene rings is 3. The molecule has 1 heterocycles. The third-order valence-corrected chi connectivity index (χ3v) is 6.44. The Morgan fingerprint density at radius 1 is 0.974 bits per heavy atom. The van der Waals surface area contributed by atoms with Gasteiger partial charge in [0.1, 0.15) is 11.5 Å². The quantitative estimate of drug-likeness (QED) is 0.240. The number of aryl methyl sites for hydroxylation is 2. The predicted molar refractivity (Wildman–Crippen MR) is 143 cm³/mol. The van der Waals surface area contributed by atoms with Gasteiger partial charge in [-0.3, -0.25) is 4.79 Å². The first-order chi connectivity index (χ1) is 18.0. The van der Waals surface area contributed by atoms with Crippen molar-refractivity contribution >= 4 is 5.69 Å². The molecule has 38 heavy (non-hydrogen) atoms. The average Bonchev–Trinajstić information content (AvgIpc) is 2.86. The van der Waals surface area contributed by atoms with Crippen LogP contribution in [0.2, 0.25) is 0 Å².